The van der Waals surface area contributed by atoms with Crippen LogP contribution in [0.4, 0.5) is 4.39 Å². The minimum Gasteiger partial charge on any atom is -0.480 e. The number of thiazole rings is 1. The normalized spacial score (nSPS) is 12.0. The molecule has 0 bridgehead atoms. The molecule has 1 heterocycles. The Morgan fingerprint density at radius 3 is 2.59 bits per heavy atom. The van der Waals surface area contributed by atoms with Crippen LogP contribution in [0.5, 0.6) is 0 Å². The topological polar surface area (TPSA) is 70.5 Å². The molecule has 0 saturated carbocycles. The van der Waals surface area contributed by atoms with Crippen molar-refractivity contribution >= 4 is 23.2 Å². The number of carboxylic acids is 1. The van der Waals surface area contributed by atoms with Gasteiger partial charge < -0.3 is 10.0 Å². The first-order chi connectivity index (χ1) is 10.4. The number of rotatable bonds is 5. The van der Waals surface area contributed by atoms with Gasteiger partial charge in [-0.2, -0.15) is 0 Å². The average molecular weight is 322 g/mol. The maximum Gasteiger partial charge on any atom is 0.326 e. The third-order valence-electron chi connectivity index (χ3n) is 3.33. The number of benzene rings is 1. The molecule has 7 heteroatoms. The van der Waals surface area contributed by atoms with Gasteiger partial charge in [0, 0.05) is 18.0 Å². The van der Waals surface area contributed by atoms with E-state index in [2.05, 4.69) is 4.98 Å². The lowest BCUT2D eigenvalue weighted by Gasteiger charge is -2.20. The number of hydrogen-bond acceptors (Lipinski definition) is 4. The minimum atomic E-state index is -1.05. The van der Waals surface area contributed by atoms with Crippen molar-refractivity contribution in [3.8, 4) is 11.3 Å². The quantitative estimate of drug-likeness (QED) is 0.918. The fourth-order valence-corrected chi connectivity index (χ4v) is 2.58. The number of likely N-dealkylation sites (N-methyl/N-ethyl adjacent to an activating group) is 1. The predicted molar refractivity (Wildman–Crippen MR) is 81.1 cm³/mol. The highest BCUT2D eigenvalue weighted by Gasteiger charge is 2.22. The third-order valence-corrected chi connectivity index (χ3v) is 4.17. The fourth-order valence-electron chi connectivity index (χ4n) is 1.78. The molecule has 2 aromatic rings. The van der Waals surface area contributed by atoms with Crippen molar-refractivity contribution in [1.29, 1.82) is 0 Å². The maximum atomic E-state index is 12.9. The molecule has 1 N–H and O–H groups in total. The summed E-state index contributed by atoms with van der Waals surface area (Å²) in [7, 11) is 1.45. The van der Waals surface area contributed by atoms with Crippen LogP contribution in [0.1, 0.15) is 11.9 Å². The van der Waals surface area contributed by atoms with Gasteiger partial charge in [-0.25, -0.2) is 14.2 Å². The first-order valence-corrected chi connectivity index (χ1v) is 7.45. The highest BCUT2D eigenvalue weighted by atomic mass is 32.1. The molecule has 1 aromatic carbocycles. The number of carbonyl (C=O) groups is 2. The van der Waals surface area contributed by atoms with E-state index in [-0.39, 0.29) is 18.1 Å². The van der Waals surface area contributed by atoms with Crippen molar-refractivity contribution in [3.63, 3.8) is 0 Å². The highest BCUT2D eigenvalue weighted by molar-refractivity contribution is 7.10. The van der Waals surface area contributed by atoms with Gasteiger partial charge in [-0.15, -0.1) is 11.3 Å². The third kappa shape index (κ3) is 3.67. The number of aliphatic carboxylic acids is 1. The summed E-state index contributed by atoms with van der Waals surface area (Å²) in [4.78, 5) is 28.4. The molecule has 1 unspecified atom stereocenters. The molecule has 0 spiro atoms. The number of carboxylic acid groups (broad SMARTS) is 1. The minimum absolute atomic E-state index is 0.0416. The van der Waals surface area contributed by atoms with Gasteiger partial charge in [0.05, 0.1) is 12.1 Å². The Morgan fingerprint density at radius 2 is 2.00 bits per heavy atom. The van der Waals surface area contributed by atoms with Crippen molar-refractivity contribution in [3.05, 3.63) is 40.5 Å². The van der Waals surface area contributed by atoms with Gasteiger partial charge in [0.1, 0.15) is 16.9 Å². The zero-order valence-electron chi connectivity index (χ0n) is 12.1. The van der Waals surface area contributed by atoms with Crippen molar-refractivity contribution in [2.24, 2.45) is 0 Å². The molecule has 0 aliphatic rings. The first kappa shape index (κ1) is 16.1. The smallest absolute Gasteiger partial charge is 0.326 e. The monoisotopic (exact) mass is 322 g/mol. The summed E-state index contributed by atoms with van der Waals surface area (Å²) < 4.78 is 12.9. The van der Waals surface area contributed by atoms with Crippen molar-refractivity contribution < 1.29 is 19.1 Å². The SMILES string of the molecule is CC(C(=O)O)N(C)C(=O)Cc1nc(-c2ccc(F)cc2)cs1. The standard InChI is InChI=1S/C15H15FN2O3S/c1-9(15(20)21)18(2)14(19)7-13-17-12(8-22-13)10-3-5-11(16)6-4-10/h3-6,8-9H,7H2,1-2H3,(H,20,21). The fraction of sp³-hybridized carbons (Fsp3) is 0.267. The second-order valence-electron chi connectivity index (χ2n) is 4.83. The molecular weight excluding hydrogens is 307 g/mol. The zero-order valence-corrected chi connectivity index (χ0v) is 12.9. The summed E-state index contributed by atoms with van der Waals surface area (Å²) in [5.74, 6) is -1.68. The van der Waals surface area contributed by atoms with E-state index in [0.29, 0.717) is 10.7 Å². The molecule has 0 fully saturated rings. The molecule has 1 aromatic heterocycles. The van der Waals surface area contributed by atoms with Gasteiger partial charge >= 0.3 is 5.97 Å². The number of carbonyl (C=O) groups excluding carboxylic acids is 1. The largest absolute Gasteiger partial charge is 0.480 e. The summed E-state index contributed by atoms with van der Waals surface area (Å²) in [6, 6.07) is 5.05. The van der Waals surface area contributed by atoms with Gasteiger partial charge in [-0.05, 0) is 31.2 Å². The van der Waals surface area contributed by atoms with Crippen molar-refractivity contribution in [2.45, 2.75) is 19.4 Å². The molecule has 0 saturated heterocycles. The number of nitrogens with zero attached hydrogens (tertiary/aromatic N) is 2. The van der Waals surface area contributed by atoms with Crippen LogP contribution in [0.15, 0.2) is 29.6 Å². The van der Waals surface area contributed by atoms with Gasteiger partial charge in [0.25, 0.3) is 0 Å². The van der Waals surface area contributed by atoms with Gasteiger partial charge in [0.15, 0.2) is 0 Å². The number of amides is 1. The van der Waals surface area contributed by atoms with Crippen LogP contribution in [0.25, 0.3) is 11.3 Å². The molecule has 2 rings (SSSR count). The Hall–Kier alpha value is -2.28. The van der Waals surface area contributed by atoms with E-state index >= 15 is 0 Å². The highest BCUT2D eigenvalue weighted by Crippen LogP contribution is 2.22. The average Bonchev–Trinajstić information content (AvgIpc) is 2.94. The number of aromatic nitrogens is 1. The van der Waals surface area contributed by atoms with E-state index in [4.69, 9.17) is 5.11 Å². The van der Waals surface area contributed by atoms with Gasteiger partial charge in [0.2, 0.25) is 5.91 Å². The van der Waals surface area contributed by atoms with E-state index in [0.717, 1.165) is 5.56 Å². The molecule has 0 aliphatic carbocycles. The van der Waals surface area contributed by atoms with E-state index in [1.807, 2.05) is 0 Å². The Balaban J connectivity index is 2.07. The Kier molecular flexibility index (Phi) is 4.87. The lowest BCUT2D eigenvalue weighted by molar-refractivity contribution is -0.147. The Labute approximate surface area is 131 Å². The number of halogens is 1. The number of hydrogen-bond donors (Lipinski definition) is 1. The summed E-state index contributed by atoms with van der Waals surface area (Å²) in [5.41, 5.74) is 1.44. The first-order valence-electron chi connectivity index (χ1n) is 6.57. The molecule has 1 atom stereocenters. The predicted octanol–water partition coefficient (Wildman–Crippen LogP) is 2.42. The second kappa shape index (κ2) is 6.65. The maximum absolute atomic E-state index is 12.9. The van der Waals surface area contributed by atoms with Crippen LogP contribution < -0.4 is 0 Å². The van der Waals surface area contributed by atoms with Crippen LogP contribution in [0.2, 0.25) is 0 Å². The van der Waals surface area contributed by atoms with Crippen LogP contribution in [-0.2, 0) is 16.0 Å². The van der Waals surface area contributed by atoms with E-state index in [1.165, 1.54) is 42.3 Å². The molecule has 0 aliphatic heterocycles. The molecule has 0 radical (unpaired) electrons. The lowest BCUT2D eigenvalue weighted by Crippen LogP contribution is -2.40. The van der Waals surface area contributed by atoms with Gasteiger partial charge in [-0.3, -0.25) is 4.79 Å². The Morgan fingerprint density at radius 1 is 1.36 bits per heavy atom. The van der Waals surface area contributed by atoms with E-state index < -0.39 is 12.0 Å². The lowest BCUT2D eigenvalue weighted by atomic mass is 10.2. The van der Waals surface area contributed by atoms with E-state index in [1.54, 1.807) is 17.5 Å². The second-order valence-corrected chi connectivity index (χ2v) is 5.77. The molecule has 116 valence electrons. The molecular formula is C15H15FN2O3S. The van der Waals surface area contributed by atoms with Crippen molar-refractivity contribution in [1.82, 2.24) is 9.88 Å². The Bertz CT molecular complexity index is 684. The summed E-state index contributed by atoms with van der Waals surface area (Å²) >= 11 is 1.31. The van der Waals surface area contributed by atoms with Gasteiger partial charge in [-0.1, -0.05) is 0 Å². The van der Waals surface area contributed by atoms with Crippen molar-refractivity contribution in [2.75, 3.05) is 7.05 Å². The molecule has 5 nitrogen and oxygen atoms in total. The summed E-state index contributed by atoms with van der Waals surface area (Å²) in [6.45, 7) is 1.45. The zero-order chi connectivity index (χ0) is 16.3. The van der Waals surface area contributed by atoms with Crippen LogP contribution in [0.3, 0.4) is 0 Å². The van der Waals surface area contributed by atoms with E-state index in [9.17, 15) is 14.0 Å². The molecule has 1 amide bonds. The van der Waals surface area contributed by atoms with Crippen LogP contribution in [-0.4, -0.2) is 40.0 Å². The van der Waals surface area contributed by atoms with Crippen LogP contribution >= 0.6 is 11.3 Å². The summed E-state index contributed by atoms with van der Waals surface area (Å²) in [6.07, 6.45) is 0.0416. The molecule has 22 heavy (non-hydrogen) atoms. The summed E-state index contributed by atoms with van der Waals surface area (Å²) in [5, 5.41) is 11.3. The van der Waals surface area contributed by atoms with Crippen LogP contribution in [0, 0.1) is 5.82 Å².